The average molecular weight is 355 g/mol. The summed E-state index contributed by atoms with van der Waals surface area (Å²) in [5, 5.41) is 2.94. The van der Waals surface area contributed by atoms with Gasteiger partial charge < -0.3 is 10.1 Å². The predicted octanol–water partition coefficient (Wildman–Crippen LogP) is 0.446. The van der Waals surface area contributed by atoms with Crippen molar-refractivity contribution in [1.82, 2.24) is 14.5 Å². The fraction of sp³-hybridized carbons (Fsp3) is 0.562. The second-order valence-corrected chi connectivity index (χ2v) is 8.19. The molecule has 1 aliphatic rings. The molecular formula is C16H25N3O4S. The SMILES string of the molecule is CC(NC(=O)CN1CCOCC1)c1ccc(S(=O)(=O)N(C)C)cc1. The van der Waals surface area contributed by atoms with Gasteiger partial charge in [-0.25, -0.2) is 12.7 Å². The van der Waals surface area contributed by atoms with Gasteiger partial charge in [-0.2, -0.15) is 0 Å². The van der Waals surface area contributed by atoms with E-state index in [-0.39, 0.29) is 16.8 Å². The van der Waals surface area contributed by atoms with Crippen LogP contribution in [0, 0.1) is 0 Å². The number of hydrogen-bond donors (Lipinski definition) is 1. The number of sulfonamides is 1. The summed E-state index contributed by atoms with van der Waals surface area (Å²) < 4.78 is 30.5. The van der Waals surface area contributed by atoms with Crippen molar-refractivity contribution in [3.8, 4) is 0 Å². The minimum absolute atomic E-state index is 0.0469. The lowest BCUT2D eigenvalue weighted by atomic mass is 10.1. The molecule has 0 spiro atoms. The van der Waals surface area contributed by atoms with Crippen LogP contribution >= 0.6 is 0 Å². The lowest BCUT2D eigenvalue weighted by Gasteiger charge is -2.26. The van der Waals surface area contributed by atoms with E-state index in [0.29, 0.717) is 19.8 Å². The van der Waals surface area contributed by atoms with Gasteiger partial charge in [0, 0.05) is 27.2 Å². The van der Waals surface area contributed by atoms with Crippen LogP contribution in [0.4, 0.5) is 0 Å². The maximum Gasteiger partial charge on any atom is 0.242 e. The summed E-state index contributed by atoms with van der Waals surface area (Å²) in [4.78, 5) is 14.4. The topological polar surface area (TPSA) is 79.0 Å². The molecule has 1 aromatic rings. The molecular weight excluding hydrogens is 330 g/mol. The van der Waals surface area contributed by atoms with Gasteiger partial charge in [-0.05, 0) is 24.6 Å². The van der Waals surface area contributed by atoms with Crippen LogP contribution in [0.3, 0.4) is 0 Å². The Labute approximate surface area is 143 Å². The van der Waals surface area contributed by atoms with Crippen molar-refractivity contribution >= 4 is 15.9 Å². The zero-order valence-electron chi connectivity index (χ0n) is 14.4. The van der Waals surface area contributed by atoms with Gasteiger partial charge in [0.25, 0.3) is 0 Å². The van der Waals surface area contributed by atoms with Gasteiger partial charge in [0.2, 0.25) is 15.9 Å². The highest BCUT2D eigenvalue weighted by molar-refractivity contribution is 7.89. The molecule has 134 valence electrons. The normalized spacial score (nSPS) is 17.7. The van der Waals surface area contributed by atoms with Crippen molar-refractivity contribution in [2.24, 2.45) is 0 Å². The lowest BCUT2D eigenvalue weighted by molar-refractivity contribution is -0.123. The molecule has 1 atom stereocenters. The molecule has 1 saturated heterocycles. The molecule has 0 radical (unpaired) electrons. The zero-order valence-corrected chi connectivity index (χ0v) is 15.2. The van der Waals surface area contributed by atoms with Gasteiger partial charge >= 0.3 is 0 Å². The van der Waals surface area contributed by atoms with Crippen LogP contribution in [0.15, 0.2) is 29.2 Å². The Hall–Kier alpha value is -1.48. The number of amides is 1. The van der Waals surface area contributed by atoms with Crippen molar-refractivity contribution in [3.05, 3.63) is 29.8 Å². The summed E-state index contributed by atoms with van der Waals surface area (Å²) in [6.45, 7) is 5.07. The smallest absolute Gasteiger partial charge is 0.242 e. The monoisotopic (exact) mass is 355 g/mol. The summed E-state index contributed by atoms with van der Waals surface area (Å²) >= 11 is 0. The molecule has 0 bridgehead atoms. The molecule has 7 nitrogen and oxygen atoms in total. The summed E-state index contributed by atoms with van der Waals surface area (Å²) in [7, 11) is -0.439. The van der Waals surface area contributed by atoms with E-state index in [2.05, 4.69) is 10.2 Å². The number of hydrogen-bond acceptors (Lipinski definition) is 5. The Balaban J connectivity index is 1.94. The highest BCUT2D eigenvalue weighted by atomic mass is 32.2. The van der Waals surface area contributed by atoms with E-state index in [0.717, 1.165) is 18.7 Å². The summed E-state index contributed by atoms with van der Waals surface area (Å²) in [6.07, 6.45) is 0. The first-order valence-electron chi connectivity index (χ1n) is 7.92. The molecule has 2 rings (SSSR count). The Morgan fingerprint density at radius 2 is 1.83 bits per heavy atom. The van der Waals surface area contributed by atoms with Gasteiger partial charge in [-0.15, -0.1) is 0 Å². The maximum absolute atomic E-state index is 12.1. The molecule has 0 aliphatic carbocycles. The van der Waals surface area contributed by atoms with E-state index in [1.54, 1.807) is 24.3 Å². The molecule has 8 heteroatoms. The van der Waals surface area contributed by atoms with Gasteiger partial charge in [0.15, 0.2) is 0 Å². The van der Waals surface area contributed by atoms with E-state index >= 15 is 0 Å². The molecule has 1 fully saturated rings. The molecule has 0 aromatic heterocycles. The van der Waals surface area contributed by atoms with E-state index < -0.39 is 10.0 Å². The molecule has 1 N–H and O–H groups in total. The molecule has 24 heavy (non-hydrogen) atoms. The Kier molecular flexibility index (Phi) is 6.34. The third-order valence-electron chi connectivity index (χ3n) is 4.01. The van der Waals surface area contributed by atoms with E-state index in [4.69, 9.17) is 4.74 Å². The fourth-order valence-corrected chi connectivity index (χ4v) is 3.37. The number of carbonyl (C=O) groups excluding carboxylic acids is 1. The standard InChI is InChI=1S/C16H25N3O4S/c1-13(17-16(20)12-19-8-10-23-11-9-19)14-4-6-15(7-5-14)24(21,22)18(2)3/h4-7,13H,8-12H2,1-3H3,(H,17,20). The number of nitrogens with zero attached hydrogens (tertiary/aromatic N) is 2. The quantitative estimate of drug-likeness (QED) is 0.801. The Bertz CT molecular complexity index is 652. The first kappa shape index (κ1) is 18.9. The highest BCUT2D eigenvalue weighted by Crippen LogP contribution is 2.18. The number of carbonyl (C=O) groups is 1. The predicted molar refractivity (Wildman–Crippen MR) is 91.1 cm³/mol. The van der Waals surface area contributed by atoms with Crippen LogP contribution in [0.2, 0.25) is 0 Å². The molecule has 1 aliphatic heterocycles. The number of rotatable bonds is 6. The van der Waals surface area contributed by atoms with Crippen LogP contribution in [0.5, 0.6) is 0 Å². The number of ether oxygens (including phenoxy) is 1. The fourth-order valence-electron chi connectivity index (χ4n) is 2.47. The Morgan fingerprint density at radius 1 is 1.25 bits per heavy atom. The van der Waals surface area contributed by atoms with Gasteiger partial charge in [0.1, 0.15) is 0 Å². The molecule has 1 unspecified atom stereocenters. The second kappa shape index (κ2) is 8.06. The third kappa shape index (κ3) is 4.76. The first-order chi connectivity index (χ1) is 11.3. The van der Waals surface area contributed by atoms with E-state index in [9.17, 15) is 13.2 Å². The minimum atomic E-state index is -3.43. The summed E-state index contributed by atoms with van der Waals surface area (Å²) in [6, 6.07) is 6.41. The first-order valence-corrected chi connectivity index (χ1v) is 9.36. The number of benzene rings is 1. The van der Waals surface area contributed by atoms with Gasteiger partial charge in [0.05, 0.1) is 30.7 Å². The summed E-state index contributed by atoms with van der Waals surface area (Å²) in [5.41, 5.74) is 0.864. The second-order valence-electron chi connectivity index (χ2n) is 6.03. The molecule has 1 amide bonds. The van der Waals surface area contributed by atoms with Gasteiger partial charge in [-0.3, -0.25) is 9.69 Å². The third-order valence-corrected chi connectivity index (χ3v) is 5.84. The lowest BCUT2D eigenvalue weighted by Crippen LogP contribution is -2.43. The van der Waals surface area contributed by atoms with Crippen molar-refractivity contribution in [3.63, 3.8) is 0 Å². The van der Waals surface area contributed by atoms with E-state index in [1.165, 1.54) is 18.4 Å². The average Bonchev–Trinajstić information content (AvgIpc) is 2.55. The Morgan fingerprint density at radius 3 is 2.38 bits per heavy atom. The minimum Gasteiger partial charge on any atom is -0.379 e. The van der Waals surface area contributed by atoms with Crippen LogP contribution < -0.4 is 5.32 Å². The highest BCUT2D eigenvalue weighted by Gasteiger charge is 2.19. The van der Waals surface area contributed by atoms with E-state index in [1.807, 2.05) is 6.92 Å². The van der Waals surface area contributed by atoms with Crippen molar-refractivity contribution < 1.29 is 17.9 Å². The zero-order chi connectivity index (χ0) is 17.7. The molecule has 1 aromatic carbocycles. The van der Waals surface area contributed by atoms with Crippen LogP contribution in [0.25, 0.3) is 0 Å². The van der Waals surface area contributed by atoms with Crippen molar-refractivity contribution in [2.75, 3.05) is 46.9 Å². The van der Waals surface area contributed by atoms with Crippen molar-refractivity contribution in [1.29, 1.82) is 0 Å². The van der Waals surface area contributed by atoms with Crippen LogP contribution in [-0.4, -0.2) is 70.5 Å². The van der Waals surface area contributed by atoms with Gasteiger partial charge in [-0.1, -0.05) is 12.1 Å². The van der Waals surface area contributed by atoms with Crippen LogP contribution in [-0.2, 0) is 19.6 Å². The maximum atomic E-state index is 12.1. The van der Waals surface area contributed by atoms with Crippen molar-refractivity contribution in [2.45, 2.75) is 17.9 Å². The molecule has 1 heterocycles. The summed E-state index contributed by atoms with van der Waals surface area (Å²) in [5.74, 6) is -0.0469. The molecule has 0 saturated carbocycles. The number of nitrogens with one attached hydrogen (secondary N) is 1. The number of morpholine rings is 1. The largest absolute Gasteiger partial charge is 0.379 e. The van der Waals surface area contributed by atoms with Crippen LogP contribution in [0.1, 0.15) is 18.5 Å².